The van der Waals surface area contributed by atoms with Gasteiger partial charge in [0.05, 0.1) is 18.7 Å². The van der Waals surface area contributed by atoms with Gasteiger partial charge in [0.1, 0.15) is 16.6 Å². The van der Waals surface area contributed by atoms with E-state index in [4.69, 9.17) is 4.74 Å². The molecule has 1 aromatic heterocycles. The van der Waals surface area contributed by atoms with E-state index in [1.807, 2.05) is 0 Å². The molecule has 0 fully saturated rings. The van der Waals surface area contributed by atoms with E-state index in [9.17, 15) is 18.8 Å². The molecule has 3 amide bonds. The fraction of sp³-hybridized carbons (Fsp3) is 0.316. The van der Waals surface area contributed by atoms with Crippen LogP contribution in [0.2, 0.25) is 0 Å². The molecule has 4 rings (SSSR count). The Morgan fingerprint density at radius 2 is 2.14 bits per heavy atom. The van der Waals surface area contributed by atoms with Crippen molar-refractivity contribution in [2.75, 3.05) is 32.1 Å². The van der Waals surface area contributed by atoms with Crippen molar-refractivity contribution >= 4 is 34.1 Å². The number of amides is 3. The van der Waals surface area contributed by atoms with Crippen LogP contribution in [-0.2, 0) is 22.6 Å². The first-order valence-corrected chi connectivity index (χ1v) is 9.60. The lowest BCUT2D eigenvalue weighted by atomic mass is 10.0. The Kier molecular flexibility index (Phi) is 4.76. The maximum Gasteiger partial charge on any atom is 0.260 e. The number of benzene rings is 1. The summed E-state index contributed by atoms with van der Waals surface area (Å²) < 4.78 is 18.6. The zero-order valence-electron chi connectivity index (χ0n) is 15.2. The fourth-order valence-electron chi connectivity index (χ4n) is 3.37. The van der Waals surface area contributed by atoms with Crippen molar-refractivity contribution in [3.63, 3.8) is 0 Å². The molecule has 1 aromatic carbocycles. The molecule has 0 saturated carbocycles. The second kappa shape index (κ2) is 7.23. The highest BCUT2D eigenvalue weighted by Gasteiger charge is 2.33. The van der Waals surface area contributed by atoms with Gasteiger partial charge in [-0.05, 0) is 24.1 Å². The zero-order valence-corrected chi connectivity index (χ0v) is 16.0. The van der Waals surface area contributed by atoms with Crippen LogP contribution in [0.4, 0.5) is 9.39 Å². The maximum absolute atomic E-state index is 13.2. The summed E-state index contributed by atoms with van der Waals surface area (Å²) in [6.45, 7) is 0.636. The van der Waals surface area contributed by atoms with E-state index in [1.54, 1.807) is 18.0 Å². The predicted octanol–water partition coefficient (Wildman–Crippen LogP) is 1.87. The van der Waals surface area contributed by atoms with Crippen LogP contribution in [0.5, 0.6) is 5.75 Å². The molecule has 0 atom stereocenters. The molecule has 0 spiro atoms. The lowest BCUT2D eigenvalue weighted by Gasteiger charge is -2.27. The molecule has 9 heteroatoms. The van der Waals surface area contributed by atoms with Crippen molar-refractivity contribution in [2.24, 2.45) is 0 Å². The molecule has 0 saturated heterocycles. The van der Waals surface area contributed by atoms with Gasteiger partial charge >= 0.3 is 0 Å². The average Bonchev–Trinajstić information content (AvgIpc) is 2.97. The van der Waals surface area contributed by atoms with E-state index >= 15 is 0 Å². The average molecular weight is 403 g/mol. The summed E-state index contributed by atoms with van der Waals surface area (Å²) >= 11 is 1.33. The van der Waals surface area contributed by atoms with Crippen LogP contribution >= 0.6 is 11.3 Å². The Hall–Kier alpha value is -2.94. The monoisotopic (exact) mass is 403 g/mol. The summed E-state index contributed by atoms with van der Waals surface area (Å²) in [6.07, 6.45) is 0.530. The number of rotatable bonds is 3. The van der Waals surface area contributed by atoms with Gasteiger partial charge in [-0.3, -0.25) is 14.4 Å². The fourth-order valence-corrected chi connectivity index (χ4v) is 4.64. The van der Waals surface area contributed by atoms with Gasteiger partial charge in [0.25, 0.3) is 11.8 Å². The third kappa shape index (κ3) is 3.45. The molecule has 0 bridgehead atoms. The van der Waals surface area contributed by atoms with Gasteiger partial charge in [-0.1, -0.05) is 6.07 Å². The Balaban J connectivity index is 1.48. The molecule has 0 aliphatic carbocycles. The van der Waals surface area contributed by atoms with E-state index in [2.05, 4.69) is 5.32 Å². The number of nitrogens with one attached hydrogen (secondary N) is 1. The van der Waals surface area contributed by atoms with Gasteiger partial charge in [-0.15, -0.1) is 11.3 Å². The Morgan fingerprint density at radius 1 is 1.32 bits per heavy atom. The van der Waals surface area contributed by atoms with Crippen LogP contribution in [-0.4, -0.2) is 54.3 Å². The van der Waals surface area contributed by atoms with Crippen molar-refractivity contribution in [1.29, 1.82) is 0 Å². The van der Waals surface area contributed by atoms with Crippen molar-refractivity contribution in [2.45, 2.75) is 13.0 Å². The Morgan fingerprint density at radius 3 is 2.93 bits per heavy atom. The van der Waals surface area contributed by atoms with Gasteiger partial charge in [-0.25, -0.2) is 4.39 Å². The zero-order chi connectivity index (χ0) is 19.8. The van der Waals surface area contributed by atoms with Crippen molar-refractivity contribution in [3.8, 4) is 5.75 Å². The number of nitrogens with zero attached hydrogens (tertiary/aromatic N) is 2. The minimum absolute atomic E-state index is 0.0248. The van der Waals surface area contributed by atoms with Gasteiger partial charge < -0.3 is 19.9 Å². The molecule has 2 aliphatic rings. The number of ether oxygens (including phenoxy) is 1. The van der Waals surface area contributed by atoms with Crippen LogP contribution in [0.1, 0.15) is 20.8 Å². The first-order valence-electron chi connectivity index (χ1n) is 8.78. The van der Waals surface area contributed by atoms with Gasteiger partial charge in [0.2, 0.25) is 5.91 Å². The van der Waals surface area contributed by atoms with Crippen molar-refractivity contribution in [1.82, 2.24) is 9.80 Å². The first-order chi connectivity index (χ1) is 13.4. The highest BCUT2D eigenvalue weighted by molar-refractivity contribution is 7.17. The molecular formula is C19H18FN3O4S. The molecule has 28 heavy (non-hydrogen) atoms. The molecular weight excluding hydrogens is 385 g/mol. The highest BCUT2D eigenvalue weighted by Crippen LogP contribution is 2.38. The van der Waals surface area contributed by atoms with Crippen LogP contribution in [0.15, 0.2) is 24.3 Å². The predicted molar refractivity (Wildman–Crippen MR) is 101 cm³/mol. The minimum atomic E-state index is -0.427. The number of thiophene rings is 1. The minimum Gasteiger partial charge on any atom is -0.484 e. The SMILES string of the molecule is CN1CC(=O)Nc2sc3c(c2C1=O)CCN(C(=O)COc1cccc(F)c1)C3. The highest BCUT2D eigenvalue weighted by atomic mass is 32.1. The molecule has 2 aliphatic heterocycles. The number of hydrogen-bond donors (Lipinski definition) is 1. The summed E-state index contributed by atoms with van der Waals surface area (Å²) in [5.74, 6) is -0.759. The molecule has 1 N–H and O–H groups in total. The number of carbonyl (C=O) groups excluding carboxylic acids is 3. The molecule has 7 nitrogen and oxygen atoms in total. The largest absolute Gasteiger partial charge is 0.484 e. The number of anilines is 1. The number of fused-ring (bicyclic) bond motifs is 3. The van der Waals surface area contributed by atoms with Crippen LogP contribution < -0.4 is 10.1 Å². The van der Waals surface area contributed by atoms with E-state index in [1.165, 1.54) is 34.4 Å². The third-order valence-corrected chi connectivity index (χ3v) is 5.89. The molecule has 2 aromatic rings. The van der Waals surface area contributed by atoms with Crippen molar-refractivity contribution in [3.05, 3.63) is 46.1 Å². The summed E-state index contributed by atoms with van der Waals surface area (Å²) in [5, 5.41) is 3.34. The molecule has 0 radical (unpaired) electrons. The maximum atomic E-state index is 13.2. The number of halogens is 1. The quantitative estimate of drug-likeness (QED) is 0.849. The lowest BCUT2D eigenvalue weighted by Crippen LogP contribution is -2.39. The van der Waals surface area contributed by atoms with E-state index in [0.29, 0.717) is 35.8 Å². The van der Waals surface area contributed by atoms with Crippen LogP contribution in [0, 0.1) is 5.82 Å². The molecule has 146 valence electrons. The second-order valence-corrected chi connectivity index (χ2v) is 7.83. The van der Waals surface area contributed by atoms with E-state index < -0.39 is 5.82 Å². The standard InChI is InChI=1S/C19H18FN3O4S/c1-22-9-15(24)21-18-17(19(22)26)13-5-6-23(8-14(13)28-18)16(25)10-27-12-4-2-3-11(20)7-12/h2-4,7H,5-6,8-10H2,1H3,(H,21,24). The first kappa shape index (κ1) is 18.4. The van der Waals surface area contributed by atoms with Crippen molar-refractivity contribution < 1.29 is 23.5 Å². The van der Waals surface area contributed by atoms with E-state index in [-0.39, 0.29) is 30.9 Å². The number of likely N-dealkylation sites (N-methyl/N-ethyl adjacent to an activating group) is 1. The lowest BCUT2D eigenvalue weighted by molar-refractivity contribution is -0.134. The van der Waals surface area contributed by atoms with E-state index in [0.717, 1.165) is 10.4 Å². The summed E-state index contributed by atoms with van der Waals surface area (Å²) in [4.78, 5) is 41.0. The van der Waals surface area contributed by atoms with Gasteiger partial charge in [0, 0.05) is 24.5 Å². The Labute approximate surface area is 164 Å². The Bertz CT molecular complexity index is 974. The normalized spacial score (nSPS) is 16.2. The van der Waals surface area contributed by atoms with Gasteiger partial charge in [0.15, 0.2) is 6.61 Å². The summed E-state index contributed by atoms with van der Waals surface area (Å²) in [5.41, 5.74) is 1.44. The third-order valence-electron chi connectivity index (χ3n) is 4.76. The summed E-state index contributed by atoms with van der Waals surface area (Å²) in [6, 6.07) is 5.64. The topological polar surface area (TPSA) is 79.0 Å². The smallest absolute Gasteiger partial charge is 0.260 e. The van der Waals surface area contributed by atoms with Gasteiger partial charge in [-0.2, -0.15) is 0 Å². The number of carbonyl (C=O) groups is 3. The van der Waals surface area contributed by atoms with Crippen LogP contribution in [0.3, 0.4) is 0 Å². The molecule has 3 heterocycles. The second-order valence-electron chi connectivity index (χ2n) is 6.73. The number of hydrogen-bond acceptors (Lipinski definition) is 5. The molecule has 0 unspecified atom stereocenters. The summed E-state index contributed by atoms with van der Waals surface area (Å²) in [7, 11) is 1.60. The van der Waals surface area contributed by atoms with Crippen LogP contribution in [0.25, 0.3) is 0 Å².